The number of aromatic nitrogens is 1. The normalized spacial score (nSPS) is 17.6. The van der Waals surface area contributed by atoms with Gasteiger partial charge < -0.3 is 10.6 Å². The first-order valence-corrected chi connectivity index (χ1v) is 5.89. The van der Waals surface area contributed by atoms with Crippen LogP contribution in [-0.2, 0) is 0 Å². The zero-order chi connectivity index (χ0) is 12.5. The number of amides is 1. The minimum atomic E-state index is -0.280. The number of nitrogens with one attached hydrogen (secondary N) is 2. The predicted molar refractivity (Wildman–Crippen MR) is 69.5 cm³/mol. The van der Waals surface area contributed by atoms with E-state index in [9.17, 15) is 4.79 Å². The molecule has 0 unspecified atom stereocenters. The number of fused-ring (bicyclic) bond motifs is 1. The lowest BCUT2D eigenvalue weighted by Crippen LogP contribution is -2.38. The molecule has 1 aromatic carbocycles. The fraction of sp³-hybridized carbons (Fsp3) is 0.0769. The molecule has 0 saturated carbocycles. The molecule has 0 saturated heterocycles. The van der Waals surface area contributed by atoms with Gasteiger partial charge in [0.25, 0.3) is 5.91 Å². The molecule has 0 spiro atoms. The van der Waals surface area contributed by atoms with Gasteiger partial charge in [0, 0.05) is 23.0 Å². The summed E-state index contributed by atoms with van der Waals surface area (Å²) in [6.07, 6.45) is 3.13. The fourth-order valence-electron chi connectivity index (χ4n) is 1.95. The van der Waals surface area contributed by atoms with Crippen LogP contribution in [0.25, 0.3) is 0 Å². The molecule has 0 aliphatic carbocycles. The van der Waals surface area contributed by atoms with Gasteiger partial charge in [-0.1, -0.05) is 17.7 Å². The molecular formula is C13H10ClN3O. The van der Waals surface area contributed by atoms with Crippen LogP contribution < -0.4 is 10.6 Å². The highest BCUT2D eigenvalue weighted by atomic mass is 35.5. The average molecular weight is 260 g/mol. The molecule has 0 bridgehead atoms. The maximum Gasteiger partial charge on any atom is 0.255 e. The molecule has 1 aliphatic rings. The van der Waals surface area contributed by atoms with Gasteiger partial charge in [-0.2, -0.15) is 0 Å². The van der Waals surface area contributed by atoms with Gasteiger partial charge in [0.05, 0.1) is 11.3 Å². The predicted octanol–water partition coefficient (Wildman–Crippen LogP) is 2.59. The fourth-order valence-corrected chi connectivity index (χ4v) is 2.12. The summed E-state index contributed by atoms with van der Waals surface area (Å²) >= 11 is 5.93. The Hall–Kier alpha value is -2.07. The van der Waals surface area contributed by atoms with Crippen LogP contribution in [0.1, 0.15) is 22.1 Å². The molecule has 3 rings (SSSR count). The maximum absolute atomic E-state index is 12.0. The third-order valence-electron chi connectivity index (χ3n) is 2.82. The summed E-state index contributed by atoms with van der Waals surface area (Å²) in [6.45, 7) is 0. The Bertz CT molecular complexity index is 600. The standard InChI is InChI=1S/C13H10ClN3O/c14-9-3-4-10-11(6-9)16-12(17-13(10)18)8-2-1-5-15-7-8/h1-7,12,16H,(H,17,18)/t12-/m0/s1. The number of nitrogens with zero attached hydrogens (tertiary/aromatic N) is 1. The smallest absolute Gasteiger partial charge is 0.255 e. The lowest BCUT2D eigenvalue weighted by Gasteiger charge is -2.27. The van der Waals surface area contributed by atoms with Crippen molar-refractivity contribution in [2.24, 2.45) is 0 Å². The van der Waals surface area contributed by atoms with Gasteiger partial charge in [0.1, 0.15) is 6.17 Å². The van der Waals surface area contributed by atoms with Crippen LogP contribution in [0.4, 0.5) is 5.69 Å². The van der Waals surface area contributed by atoms with Crippen molar-refractivity contribution in [3.8, 4) is 0 Å². The molecule has 90 valence electrons. The zero-order valence-electron chi connectivity index (χ0n) is 9.35. The van der Waals surface area contributed by atoms with E-state index in [2.05, 4.69) is 15.6 Å². The van der Waals surface area contributed by atoms with Crippen LogP contribution >= 0.6 is 11.6 Å². The Kier molecular flexibility index (Phi) is 2.64. The number of benzene rings is 1. The van der Waals surface area contributed by atoms with Gasteiger partial charge in [-0.3, -0.25) is 9.78 Å². The van der Waals surface area contributed by atoms with E-state index in [-0.39, 0.29) is 12.1 Å². The van der Waals surface area contributed by atoms with Crippen LogP contribution in [0.15, 0.2) is 42.7 Å². The molecule has 1 aromatic heterocycles. The second kappa shape index (κ2) is 4.31. The largest absolute Gasteiger partial charge is 0.361 e. The second-order valence-corrected chi connectivity index (χ2v) is 4.46. The van der Waals surface area contributed by atoms with Gasteiger partial charge >= 0.3 is 0 Å². The third kappa shape index (κ3) is 1.91. The zero-order valence-corrected chi connectivity index (χ0v) is 10.1. The van der Waals surface area contributed by atoms with Crippen molar-refractivity contribution in [3.05, 3.63) is 58.9 Å². The molecule has 4 nitrogen and oxygen atoms in total. The summed E-state index contributed by atoms with van der Waals surface area (Å²) in [5.41, 5.74) is 2.23. The number of rotatable bonds is 1. The van der Waals surface area contributed by atoms with Gasteiger partial charge in [-0.05, 0) is 24.3 Å². The number of pyridine rings is 1. The van der Waals surface area contributed by atoms with Gasteiger partial charge in [0.2, 0.25) is 0 Å². The van der Waals surface area contributed by atoms with Crippen molar-refractivity contribution < 1.29 is 4.79 Å². The maximum atomic E-state index is 12.0. The monoisotopic (exact) mass is 259 g/mol. The van der Waals surface area contributed by atoms with Crippen LogP contribution in [0.2, 0.25) is 5.02 Å². The lowest BCUT2D eigenvalue weighted by molar-refractivity contribution is 0.0935. The summed E-state index contributed by atoms with van der Waals surface area (Å²) in [5.74, 6) is -0.116. The van der Waals surface area contributed by atoms with Crippen molar-refractivity contribution >= 4 is 23.2 Å². The van der Waals surface area contributed by atoms with E-state index in [0.29, 0.717) is 10.6 Å². The van der Waals surface area contributed by atoms with E-state index in [4.69, 9.17) is 11.6 Å². The van der Waals surface area contributed by atoms with Crippen LogP contribution in [0, 0.1) is 0 Å². The molecule has 2 N–H and O–H groups in total. The van der Waals surface area contributed by atoms with Crippen molar-refractivity contribution in [1.29, 1.82) is 0 Å². The highest BCUT2D eigenvalue weighted by Gasteiger charge is 2.24. The minimum absolute atomic E-state index is 0.116. The first kappa shape index (κ1) is 11.0. The Morgan fingerprint density at radius 2 is 2.11 bits per heavy atom. The van der Waals surface area contributed by atoms with Crippen molar-refractivity contribution in [1.82, 2.24) is 10.3 Å². The lowest BCUT2D eigenvalue weighted by atomic mass is 10.1. The highest BCUT2D eigenvalue weighted by molar-refractivity contribution is 6.31. The Morgan fingerprint density at radius 3 is 2.89 bits per heavy atom. The summed E-state index contributed by atoms with van der Waals surface area (Å²) < 4.78 is 0. The average Bonchev–Trinajstić information content (AvgIpc) is 2.39. The van der Waals surface area contributed by atoms with Crippen molar-refractivity contribution in [2.45, 2.75) is 6.17 Å². The van der Waals surface area contributed by atoms with Crippen LogP contribution in [0.5, 0.6) is 0 Å². The molecule has 18 heavy (non-hydrogen) atoms. The van der Waals surface area contributed by atoms with E-state index < -0.39 is 0 Å². The molecule has 0 fully saturated rings. The summed E-state index contributed by atoms with van der Waals surface area (Å²) in [7, 11) is 0. The van der Waals surface area contributed by atoms with Crippen LogP contribution in [-0.4, -0.2) is 10.9 Å². The first-order chi connectivity index (χ1) is 8.74. The Balaban J connectivity index is 1.98. The molecule has 0 radical (unpaired) electrons. The molecule has 1 aliphatic heterocycles. The van der Waals surface area contributed by atoms with E-state index in [1.165, 1.54) is 0 Å². The minimum Gasteiger partial charge on any atom is -0.361 e. The van der Waals surface area contributed by atoms with Crippen LogP contribution in [0.3, 0.4) is 0 Å². The molecule has 1 amide bonds. The highest BCUT2D eigenvalue weighted by Crippen LogP contribution is 2.28. The summed E-state index contributed by atoms with van der Waals surface area (Å²) in [5, 5.41) is 6.70. The van der Waals surface area contributed by atoms with E-state index in [1.807, 2.05) is 12.1 Å². The van der Waals surface area contributed by atoms with E-state index in [1.54, 1.807) is 30.6 Å². The SMILES string of the molecule is O=C1N[C@@H](c2cccnc2)Nc2cc(Cl)ccc21. The molecular weight excluding hydrogens is 250 g/mol. The molecule has 5 heteroatoms. The second-order valence-electron chi connectivity index (χ2n) is 4.03. The number of halogens is 1. The van der Waals surface area contributed by atoms with Crippen molar-refractivity contribution in [3.63, 3.8) is 0 Å². The number of carbonyl (C=O) groups is 1. The quantitative estimate of drug-likeness (QED) is 0.828. The number of hydrogen-bond acceptors (Lipinski definition) is 3. The Morgan fingerprint density at radius 1 is 1.22 bits per heavy atom. The Labute approximate surface area is 109 Å². The van der Waals surface area contributed by atoms with Gasteiger partial charge in [-0.25, -0.2) is 0 Å². The number of hydrogen-bond donors (Lipinski definition) is 2. The summed E-state index contributed by atoms with van der Waals surface area (Å²) in [4.78, 5) is 16.0. The topological polar surface area (TPSA) is 54.0 Å². The summed E-state index contributed by atoms with van der Waals surface area (Å²) in [6, 6.07) is 8.89. The van der Waals surface area contributed by atoms with E-state index >= 15 is 0 Å². The van der Waals surface area contributed by atoms with Gasteiger partial charge in [0.15, 0.2) is 0 Å². The van der Waals surface area contributed by atoms with E-state index in [0.717, 1.165) is 11.3 Å². The molecule has 2 heterocycles. The number of anilines is 1. The number of carbonyl (C=O) groups excluding carboxylic acids is 1. The first-order valence-electron chi connectivity index (χ1n) is 5.51. The van der Waals surface area contributed by atoms with Crippen molar-refractivity contribution in [2.75, 3.05) is 5.32 Å². The third-order valence-corrected chi connectivity index (χ3v) is 3.05. The van der Waals surface area contributed by atoms with Gasteiger partial charge in [-0.15, -0.1) is 0 Å². The molecule has 1 atom stereocenters. The molecule has 2 aromatic rings.